The first-order valence-corrected chi connectivity index (χ1v) is 13.2. The molecule has 1 N–H and O–H groups in total. The molecule has 0 radical (unpaired) electrons. The van der Waals surface area contributed by atoms with Crippen molar-refractivity contribution in [3.8, 4) is 0 Å². The van der Waals surface area contributed by atoms with Gasteiger partial charge in [0.1, 0.15) is 6.54 Å². The lowest BCUT2D eigenvalue weighted by Crippen LogP contribution is -2.41. The molecule has 1 unspecified atom stereocenters. The van der Waals surface area contributed by atoms with Gasteiger partial charge in [-0.1, -0.05) is 44.2 Å². The Morgan fingerprint density at radius 1 is 1.19 bits per heavy atom. The van der Waals surface area contributed by atoms with Crippen LogP contribution < -0.4 is 5.56 Å². The third-order valence-corrected chi connectivity index (χ3v) is 7.17. The van der Waals surface area contributed by atoms with Crippen LogP contribution in [0.5, 0.6) is 0 Å². The Labute approximate surface area is 212 Å². The molecule has 9 nitrogen and oxygen atoms in total. The lowest BCUT2D eigenvalue weighted by atomic mass is 9.91. The highest BCUT2D eigenvalue weighted by Crippen LogP contribution is 2.33. The van der Waals surface area contributed by atoms with Crippen molar-refractivity contribution in [1.82, 2.24) is 30.1 Å². The lowest BCUT2D eigenvalue weighted by molar-refractivity contribution is -0.144. The minimum Gasteiger partial charge on any atom is -0.465 e. The number of aryl methyl sites for hydroxylation is 2. The molecule has 1 atom stereocenters. The molecular weight excluding hydrogens is 456 g/mol. The van der Waals surface area contributed by atoms with Crippen molar-refractivity contribution in [2.45, 2.75) is 97.8 Å². The van der Waals surface area contributed by atoms with E-state index in [0.29, 0.717) is 25.0 Å². The molecule has 1 aromatic carbocycles. The topological polar surface area (TPSA) is 106 Å². The maximum Gasteiger partial charge on any atom is 0.327 e. The monoisotopic (exact) mass is 494 g/mol. The van der Waals surface area contributed by atoms with Gasteiger partial charge in [-0.25, -0.2) is 4.68 Å². The molecule has 3 aromatic rings. The number of carbonyl (C=O) groups is 1. The second-order valence-electron chi connectivity index (χ2n) is 9.94. The van der Waals surface area contributed by atoms with Gasteiger partial charge < -0.3 is 9.72 Å². The van der Waals surface area contributed by atoms with Crippen molar-refractivity contribution in [2.24, 2.45) is 0 Å². The number of nitrogens with one attached hydrogen (secondary N) is 1. The van der Waals surface area contributed by atoms with E-state index < -0.39 is 0 Å². The summed E-state index contributed by atoms with van der Waals surface area (Å²) in [7, 11) is 0. The number of fused-ring (bicyclic) bond motifs is 1. The molecule has 1 fully saturated rings. The number of hydrogen-bond acceptors (Lipinski definition) is 7. The van der Waals surface area contributed by atoms with Crippen molar-refractivity contribution in [1.29, 1.82) is 0 Å². The van der Waals surface area contributed by atoms with Crippen LogP contribution in [0.25, 0.3) is 10.9 Å². The summed E-state index contributed by atoms with van der Waals surface area (Å²) in [4.78, 5) is 31.0. The number of tetrazole rings is 1. The lowest BCUT2D eigenvalue weighted by Gasteiger charge is -2.39. The Kier molecular flexibility index (Phi) is 8.51. The highest BCUT2D eigenvalue weighted by Gasteiger charge is 2.33. The van der Waals surface area contributed by atoms with Gasteiger partial charge in [-0.05, 0) is 73.5 Å². The molecule has 0 saturated heterocycles. The van der Waals surface area contributed by atoms with Gasteiger partial charge in [0.05, 0.1) is 18.2 Å². The van der Waals surface area contributed by atoms with Gasteiger partial charge in [-0.2, -0.15) is 0 Å². The van der Waals surface area contributed by atoms with Crippen molar-refractivity contribution in [3.63, 3.8) is 0 Å². The smallest absolute Gasteiger partial charge is 0.327 e. The van der Waals surface area contributed by atoms with E-state index in [-0.39, 0.29) is 24.1 Å². The zero-order valence-corrected chi connectivity index (χ0v) is 21.9. The zero-order chi connectivity index (χ0) is 25.7. The normalized spacial score (nSPS) is 15.5. The highest BCUT2D eigenvalue weighted by atomic mass is 16.5. The zero-order valence-electron chi connectivity index (χ0n) is 21.9. The number of hydrogen-bond donors (Lipinski definition) is 1. The fourth-order valence-corrected chi connectivity index (χ4v) is 5.56. The average Bonchev–Trinajstić information content (AvgIpc) is 3.30. The van der Waals surface area contributed by atoms with Gasteiger partial charge in [0.25, 0.3) is 5.56 Å². The summed E-state index contributed by atoms with van der Waals surface area (Å²) >= 11 is 0. The molecule has 2 heterocycles. The third kappa shape index (κ3) is 5.83. The van der Waals surface area contributed by atoms with E-state index in [9.17, 15) is 9.59 Å². The number of esters is 1. The molecule has 4 rings (SSSR count). The number of rotatable bonds is 10. The van der Waals surface area contributed by atoms with Gasteiger partial charge in [-0.3, -0.25) is 14.5 Å². The van der Waals surface area contributed by atoms with Crippen LogP contribution >= 0.6 is 0 Å². The average molecular weight is 495 g/mol. The number of ether oxygens (including phenoxy) is 1. The minimum absolute atomic E-state index is 0.0238. The Bertz CT molecular complexity index is 1240. The summed E-state index contributed by atoms with van der Waals surface area (Å²) in [6.07, 6.45) is 7.46. The van der Waals surface area contributed by atoms with Crippen LogP contribution in [0.3, 0.4) is 0 Å². The summed E-state index contributed by atoms with van der Waals surface area (Å²) in [6, 6.07) is 6.45. The number of pyridine rings is 1. The Morgan fingerprint density at radius 2 is 1.97 bits per heavy atom. The molecule has 0 spiro atoms. The van der Waals surface area contributed by atoms with E-state index >= 15 is 0 Å². The van der Waals surface area contributed by atoms with Crippen molar-refractivity contribution in [2.75, 3.05) is 6.61 Å². The van der Waals surface area contributed by atoms with Gasteiger partial charge in [-0.15, -0.1) is 5.10 Å². The molecular formula is C27H38N6O3. The second-order valence-corrected chi connectivity index (χ2v) is 9.94. The number of benzene rings is 1. The Hall–Kier alpha value is -3.07. The standard InChI is InChI=1S/C27H38N6O3/c1-5-10-23(26-29-30-31-33(26)17-24(34)36-6-2)32(22-11-8-7-9-12-22)16-21-15-20-14-18(3)13-19(4)25(20)28-27(21)35/h13-15,22-23H,5-12,16-17H2,1-4H3,(H,28,35). The molecule has 194 valence electrons. The minimum atomic E-state index is -0.359. The van der Waals surface area contributed by atoms with Gasteiger partial charge in [0.15, 0.2) is 5.82 Å². The number of H-pyrrole nitrogens is 1. The molecule has 1 aliphatic rings. The number of aromatic nitrogens is 5. The summed E-state index contributed by atoms with van der Waals surface area (Å²) in [5.41, 5.74) is 3.81. The van der Waals surface area contributed by atoms with E-state index in [1.165, 1.54) is 24.8 Å². The van der Waals surface area contributed by atoms with E-state index in [4.69, 9.17) is 4.74 Å². The first-order valence-electron chi connectivity index (χ1n) is 13.2. The van der Waals surface area contributed by atoms with Gasteiger partial charge >= 0.3 is 5.97 Å². The van der Waals surface area contributed by atoms with Crippen LogP contribution in [0, 0.1) is 13.8 Å². The van der Waals surface area contributed by atoms with Gasteiger partial charge in [0.2, 0.25) is 0 Å². The SMILES string of the molecule is CCCC(c1nnnn1CC(=O)OCC)N(Cc1cc2cc(C)cc(C)c2[nH]c1=O)C1CCCCC1. The molecule has 2 aromatic heterocycles. The molecule has 36 heavy (non-hydrogen) atoms. The van der Waals surface area contributed by atoms with Crippen LogP contribution in [0.1, 0.15) is 87.3 Å². The highest BCUT2D eigenvalue weighted by molar-refractivity contribution is 5.82. The molecule has 0 aliphatic heterocycles. The fourth-order valence-electron chi connectivity index (χ4n) is 5.56. The van der Waals surface area contributed by atoms with E-state index in [2.05, 4.69) is 51.4 Å². The molecule has 9 heteroatoms. The maximum absolute atomic E-state index is 13.3. The summed E-state index contributed by atoms with van der Waals surface area (Å²) in [6.45, 7) is 8.82. The number of nitrogens with zero attached hydrogens (tertiary/aromatic N) is 5. The maximum atomic E-state index is 13.3. The van der Waals surface area contributed by atoms with Crippen LogP contribution in [-0.2, 0) is 22.6 Å². The van der Waals surface area contributed by atoms with Crippen LogP contribution in [0.2, 0.25) is 0 Å². The molecule has 0 amide bonds. The number of aromatic amines is 1. The predicted octanol–water partition coefficient (Wildman–Crippen LogP) is 4.37. The first kappa shape index (κ1) is 26.0. The summed E-state index contributed by atoms with van der Waals surface area (Å²) < 4.78 is 6.70. The quantitative estimate of drug-likeness (QED) is 0.417. The Balaban J connectivity index is 1.74. The van der Waals surface area contributed by atoms with Crippen LogP contribution in [0.4, 0.5) is 0 Å². The molecule has 0 bridgehead atoms. The summed E-state index contributed by atoms with van der Waals surface area (Å²) in [5, 5.41) is 13.4. The van der Waals surface area contributed by atoms with E-state index in [0.717, 1.165) is 47.7 Å². The van der Waals surface area contributed by atoms with Crippen LogP contribution in [0.15, 0.2) is 23.0 Å². The van der Waals surface area contributed by atoms with Crippen molar-refractivity contribution >= 4 is 16.9 Å². The van der Waals surface area contributed by atoms with E-state index in [1.807, 2.05) is 13.0 Å². The Morgan fingerprint density at radius 3 is 2.69 bits per heavy atom. The largest absolute Gasteiger partial charge is 0.465 e. The number of carbonyl (C=O) groups excluding carboxylic acids is 1. The van der Waals surface area contributed by atoms with E-state index in [1.54, 1.807) is 11.6 Å². The van der Waals surface area contributed by atoms with Gasteiger partial charge in [0, 0.05) is 18.2 Å². The van der Waals surface area contributed by atoms with Crippen LogP contribution in [-0.4, -0.2) is 48.7 Å². The predicted molar refractivity (Wildman–Crippen MR) is 139 cm³/mol. The molecule has 1 saturated carbocycles. The fraction of sp³-hybridized carbons (Fsp3) is 0.593. The molecule has 1 aliphatic carbocycles. The third-order valence-electron chi connectivity index (χ3n) is 7.17. The second kappa shape index (κ2) is 11.8. The van der Waals surface area contributed by atoms with Crippen molar-refractivity contribution in [3.05, 3.63) is 51.1 Å². The summed E-state index contributed by atoms with van der Waals surface area (Å²) in [5.74, 6) is 0.293. The first-order chi connectivity index (χ1) is 17.4. The van der Waals surface area contributed by atoms with Crippen molar-refractivity contribution < 1.29 is 9.53 Å².